The highest BCUT2D eigenvalue weighted by Crippen LogP contribution is 2.21. The first kappa shape index (κ1) is 14.0. The summed E-state index contributed by atoms with van der Waals surface area (Å²) >= 11 is 0. The van der Waals surface area contributed by atoms with E-state index in [1.54, 1.807) is 12.1 Å². The van der Waals surface area contributed by atoms with Gasteiger partial charge < -0.3 is 15.8 Å². The Labute approximate surface area is 115 Å². The van der Waals surface area contributed by atoms with Crippen molar-refractivity contribution in [3.8, 4) is 5.75 Å². The second-order valence-electron chi connectivity index (χ2n) is 4.04. The maximum absolute atomic E-state index is 13.3. The molecule has 1 aromatic heterocycles. The molecule has 2 rings (SSSR count). The highest BCUT2D eigenvalue weighted by Gasteiger charge is 2.09. The molecule has 1 aromatic carbocycles. The summed E-state index contributed by atoms with van der Waals surface area (Å²) in [6.45, 7) is 0.255. The van der Waals surface area contributed by atoms with Gasteiger partial charge in [-0.2, -0.15) is 0 Å². The fourth-order valence-corrected chi connectivity index (χ4v) is 1.67. The molecule has 0 aliphatic heterocycles. The molecule has 0 saturated carbocycles. The van der Waals surface area contributed by atoms with Gasteiger partial charge in [0.15, 0.2) is 11.6 Å². The van der Waals surface area contributed by atoms with E-state index in [9.17, 15) is 9.18 Å². The van der Waals surface area contributed by atoms with Crippen LogP contribution < -0.4 is 15.8 Å². The number of nitrogens with one attached hydrogen (secondary N) is 1. The number of nitrogens with zero attached hydrogens (tertiary/aromatic N) is 1. The van der Waals surface area contributed by atoms with Gasteiger partial charge in [-0.3, -0.25) is 9.78 Å². The SMILES string of the molecule is COc1cc(NC(=O)c2ccnc(CN)c2)ccc1F. The number of carbonyl (C=O) groups excluding carboxylic acids is 1. The van der Waals surface area contributed by atoms with Crippen molar-refractivity contribution in [1.82, 2.24) is 4.98 Å². The molecule has 0 aliphatic rings. The summed E-state index contributed by atoms with van der Waals surface area (Å²) in [5.41, 5.74) is 6.97. The van der Waals surface area contributed by atoms with Gasteiger partial charge in [0.25, 0.3) is 5.91 Å². The molecule has 0 atom stereocenters. The van der Waals surface area contributed by atoms with E-state index in [1.807, 2.05) is 0 Å². The van der Waals surface area contributed by atoms with Gasteiger partial charge in [-0.25, -0.2) is 4.39 Å². The van der Waals surface area contributed by atoms with Crippen molar-refractivity contribution in [2.24, 2.45) is 5.73 Å². The molecule has 1 heterocycles. The standard InChI is InChI=1S/C14H14FN3O2/c1-20-13-7-10(2-3-12(13)15)18-14(19)9-4-5-17-11(6-9)8-16/h2-7H,8,16H2,1H3,(H,18,19). The van der Waals surface area contributed by atoms with Crippen molar-refractivity contribution in [3.63, 3.8) is 0 Å². The first-order valence-corrected chi connectivity index (χ1v) is 5.94. The highest BCUT2D eigenvalue weighted by molar-refractivity contribution is 6.04. The van der Waals surface area contributed by atoms with Crippen LogP contribution in [-0.4, -0.2) is 18.0 Å². The van der Waals surface area contributed by atoms with E-state index < -0.39 is 5.82 Å². The van der Waals surface area contributed by atoms with Crippen LogP contribution in [0, 0.1) is 5.82 Å². The fourth-order valence-electron chi connectivity index (χ4n) is 1.67. The van der Waals surface area contributed by atoms with Crippen LogP contribution in [0.3, 0.4) is 0 Å². The molecule has 2 aromatic rings. The summed E-state index contributed by atoms with van der Waals surface area (Å²) in [6, 6.07) is 7.29. The number of rotatable bonds is 4. The second kappa shape index (κ2) is 6.12. The number of carbonyl (C=O) groups is 1. The Bertz CT molecular complexity index is 632. The molecule has 5 nitrogen and oxygen atoms in total. The number of methoxy groups -OCH3 is 1. The van der Waals surface area contributed by atoms with E-state index in [0.717, 1.165) is 0 Å². The van der Waals surface area contributed by atoms with Gasteiger partial charge in [-0.15, -0.1) is 0 Å². The van der Waals surface area contributed by atoms with Crippen molar-refractivity contribution in [1.29, 1.82) is 0 Å². The van der Waals surface area contributed by atoms with Gasteiger partial charge in [0.1, 0.15) is 0 Å². The van der Waals surface area contributed by atoms with Crippen molar-refractivity contribution >= 4 is 11.6 Å². The van der Waals surface area contributed by atoms with Gasteiger partial charge in [0.2, 0.25) is 0 Å². The number of halogens is 1. The number of ether oxygens (including phenoxy) is 1. The monoisotopic (exact) mass is 275 g/mol. The molecular weight excluding hydrogens is 261 g/mol. The summed E-state index contributed by atoms with van der Waals surface area (Å²) in [7, 11) is 1.36. The lowest BCUT2D eigenvalue weighted by molar-refractivity contribution is 0.102. The van der Waals surface area contributed by atoms with Crippen LogP contribution in [0.1, 0.15) is 16.1 Å². The normalized spacial score (nSPS) is 10.2. The number of amides is 1. The molecule has 6 heteroatoms. The average molecular weight is 275 g/mol. The summed E-state index contributed by atoms with van der Waals surface area (Å²) in [6.07, 6.45) is 1.52. The Morgan fingerprint density at radius 1 is 1.40 bits per heavy atom. The molecule has 1 amide bonds. The van der Waals surface area contributed by atoms with E-state index in [2.05, 4.69) is 10.3 Å². The first-order chi connectivity index (χ1) is 9.63. The molecule has 0 unspecified atom stereocenters. The summed E-state index contributed by atoms with van der Waals surface area (Å²) in [5.74, 6) is -0.740. The molecule has 0 saturated heterocycles. The van der Waals surface area contributed by atoms with Crippen LogP contribution in [0.4, 0.5) is 10.1 Å². The fraction of sp³-hybridized carbons (Fsp3) is 0.143. The lowest BCUT2D eigenvalue weighted by atomic mass is 10.2. The largest absolute Gasteiger partial charge is 0.494 e. The van der Waals surface area contributed by atoms with E-state index in [1.165, 1.54) is 31.5 Å². The first-order valence-electron chi connectivity index (χ1n) is 5.94. The smallest absolute Gasteiger partial charge is 0.255 e. The lowest BCUT2D eigenvalue weighted by Crippen LogP contribution is -2.13. The van der Waals surface area contributed by atoms with Gasteiger partial charge in [0.05, 0.1) is 12.8 Å². The van der Waals surface area contributed by atoms with Crippen molar-refractivity contribution in [2.45, 2.75) is 6.54 Å². The maximum atomic E-state index is 13.3. The Balaban J connectivity index is 2.18. The second-order valence-corrected chi connectivity index (χ2v) is 4.04. The minimum Gasteiger partial charge on any atom is -0.494 e. The summed E-state index contributed by atoms with van der Waals surface area (Å²) in [4.78, 5) is 16.1. The van der Waals surface area contributed by atoms with Gasteiger partial charge in [-0.05, 0) is 24.3 Å². The van der Waals surface area contributed by atoms with Crippen LogP contribution in [0.2, 0.25) is 0 Å². The number of pyridine rings is 1. The molecule has 104 valence electrons. The molecule has 0 radical (unpaired) electrons. The predicted molar refractivity (Wildman–Crippen MR) is 73.0 cm³/mol. The number of benzene rings is 1. The maximum Gasteiger partial charge on any atom is 0.255 e. The number of hydrogen-bond acceptors (Lipinski definition) is 4. The number of nitrogens with two attached hydrogens (primary N) is 1. The van der Waals surface area contributed by atoms with Crippen LogP contribution in [0.15, 0.2) is 36.5 Å². The van der Waals surface area contributed by atoms with Gasteiger partial charge in [0, 0.05) is 30.1 Å². The molecule has 0 fully saturated rings. The number of anilines is 1. The third-order valence-corrected chi connectivity index (χ3v) is 2.70. The zero-order valence-electron chi connectivity index (χ0n) is 10.9. The van der Waals surface area contributed by atoms with Crippen molar-refractivity contribution < 1.29 is 13.9 Å². The van der Waals surface area contributed by atoms with E-state index in [0.29, 0.717) is 16.9 Å². The molecule has 3 N–H and O–H groups in total. The van der Waals surface area contributed by atoms with Crippen LogP contribution >= 0.6 is 0 Å². The average Bonchev–Trinajstić information content (AvgIpc) is 2.49. The zero-order valence-corrected chi connectivity index (χ0v) is 10.9. The Morgan fingerprint density at radius 3 is 2.90 bits per heavy atom. The molecule has 0 aliphatic carbocycles. The van der Waals surface area contributed by atoms with Gasteiger partial charge in [-0.1, -0.05) is 0 Å². The zero-order chi connectivity index (χ0) is 14.5. The Kier molecular flexibility index (Phi) is 4.27. The van der Waals surface area contributed by atoms with Crippen LogP contribution in [0.5, 0.6) is 5.75 Å². The summed E-state index contributed by atoms with van der Waals surface area (Å²) in [5, 5.41) is 2.66. The van der Waals surface area contributed by atoms with Crippen molar-refractivity contribution in [3.05, 3.63) is 53.6 Å². The summed E-state index contributed by atoms with van der Waals surface area (Å²) < 4.78 is 18.1. The van der Waals surface area contributed by atoms with E-state index in [-0.39, 0.29) is 18.2 Å². The number of hydrogen-bond donors (Lipinski definition) is 2. The topological polar surface area (TPSA) is 77.2 Å². The Morgan fingerprint density at radius 2 is 2.20 bits per heavy atom. The highest BCUT2D eigenvalue weighted by atomic mass is 19.1. The lowest BCUT2D eigenvalue weighted by Gasteiger charge is -2.08. The Hall–Kier alpha value is -2.47. The minimum absolute atomic E-state index is 0.0696. The predicted octanol–water partition coefficient (Wildman–Crippen LogP) is 1.94. The number of aromatic nitrogens is 1. The quantitative estimate of drug-likeness (QED) is 0.894. The third-order valence-electron chi connectivity index (χ3n) is 2.70. The van der Waals surface area contributed by atoms with Crippen LogP contribution in [-0.2, 0) is 6.54 Å². The van der Waals surface area contributed by atoms with Crippen molar-refractivity contribution in [2.75, 3.05) is 12.4 Å². The van der Waals surface area contributed by atoms with E-state index >= 15 is 0 Å². The third kappa shape index (κ3) is 3.10. The molecule has 20 heavy (non-hydrogen) atoms. The molecular formula is C14H14FN3O2. The van der Waals surface area contributed by atoms with Gasteiger partial charge >= 0.3 is 0 Å². The van der Waals surface area contributed by atoms with Crippen LogP contribution in [0.25, 0.3) is 0 Å². The molecule has 0 bridgehead atoms. The molecule has 0 spiro atoms. The van der Waals surface area contributed by atoms with E-state index in [4.69, 9.17) is 10.5 Å². The minimum atomic E-state index is -0.486.